The fourth-order valence-corrected chi connectivity index (χ4v) is 10.7. The third-order valence-electron chi connectivity index (χ3n) is 8.28. The second-order valence-corrected chi connectivity index (χ2v) is 16.2. The predicted octanol–water partition coefficient (Wildman–Crippen LogP) is 5.87. The largest absolute Gasteiger partial charge is 0.493 e. The second-order valence-electron chi connectivity index (χ2n) is 11.9. The van der Waals surface area contributed by atoms with Crippen LogP contribution in [0.5, 0.6) is 23.0 Å². The highest BCUT2D eigenvalue weighted by atomic mass is 28.4. The zero-order chi connectivity index (χ0) is 32.5. The summed E-state index contributed by atoms with van der Waals surface area (Å²) in [4.78, 5) is 11.9. The van der Waals surface area contributed by atoms with Crippen LogP contribution in [0.15, 0.2) is 91.0 Å². The molecule has 8 heteroatoms. The molecule has 0 radical (unpaired) electrons. The van der Waals surface area contributed by atoms with Gasteiger partial charge in [0.2, 0.25) is 6.41 Å². The van der Waals surface area contributed by atoms with Gasteiger partial charge in [-0.2, -0.15) is 0 Å². The summed E-state index contributed by atoms with van der Waals surface area (Å²) in [5.41, 5.74) is 2.92. The van der Waals surface area contributed by atoms with Crippen LogP contribution in [-0.2, 0) is 22.1 Å². The van der Waals surface area contributed by atoms with E-state index < -0.39 is 8.32 Å². The standard InChI is InChI=1S/C37H45NO6Si/c1-37(2,3)45(29-14-10-8-11-15-29,30-16-12-9-13-17-30)44-21-20-28-24-35(42-6)36(43-7)25-31(28)32(38-26-39)22-27-18-19-33(40-4)34(23-27)41-5/h8-19,23-26,32H,20-22H2,1-7H3,(H,38,39). The molecule has 0 heterocycles. The van der Waals surface area contributed by atoms with Crippen molar-refractivity contribution in [2.24, 2.45) is 0 Å². The lowest BCUT2D eigenvalue weighted by atomic mass is 9.92. The van der Waals surface area contributed by atoms with Crippen molar-refractivity contribution in [3.63, 3.8) is 0 Å². The minimum atomic E-state index is -2.74. The number of hydrogen-bond donors (Lipinski definition) is 1. The Kier molecular flexibility index (Phi) is 11.3. The van der Waals surface area contributed by atoms with Gasteiger partial charge in [-0.05, 0) is 69.2 Å². The molecule has 0 saturated heterocycles. The van der Waals surface area contributed by atoms with Crippen molar-refractivity contribution in [3.8, 4) is 23.0 Å². The fraction of sp³-hybridized carbons (Fsp3) is 0.324. The van der Waals surface area contributed by atoms with E-state index in [0.29, 0.717) is 42.4 Å². The molecule has 1 unspecified atom stereocenters. The molecule has 0 aromatic heterocycles. The minimum absolute atomic E-state index is 0.148. The van der Waals surface area contributed by atoms with Gasteiger partial charge in [-0.15, -0.1) is 0 Å². The Balaban J connectivity index is 1.75. The number of nitrogens with one attached hydrogen (secondary N) is 1. The van der Waals surface area contributed by atoms with E-state index in [0.717, 1.165) is 23.1 Å². The van der Waals surface area contributed by atoms with Crippen LogP contribution in [0, 0.1) is 0 Å². The Morgan fingerprint density at radius 1 is 0.711 bits per heavy atom. The van der Waals surface area contributed by atoms with E-state index >= 15 is 0 Å². The first-order chi connectivity index (χ1) is 21.7. The Bertz CT molecular complexity index is 1500. The second kappa shape index (κ2) is 15.1. The summed E-state index contributed by atoms with van der Waals surface area (Å²) >= 11 is 0. The van der Waals surface area contributed by atoms with Crippen LogP contribution in [0.3, 0.4) is 0 Å². The monoisotopic (exact) mass is 627 g/mol. The maximum atomic E-state index is 11.9. The molecule has 7 nitrogen and oxygen atoms in total. The molecule has 0 bridgehead atoms. The first-order valence-corrected chi connectivity index (χ1v) is 17.0. The highest BCUT2D eigenvalue weighted by Gasteiger charge is 2.50. The number of benzene rings is 4. The SMILES string of the molecule is COc1ccc(CC(NC=O)c2cc(OC)c(OC)cc2CCO[Si](c2ccccc2)(c2ccccc2)C(C)(C)C)cc1OC. The molecule has 1 atom stereocenters. The van der Waals surface area contributed by atoms with Gasteiger partial charge in [0, 0.05) is 6.61 Å². The third-order valence-corrected chi connectivity index (χ3v) is 13.3. The van der Waals surface area contributed by atoms with E-state index in [-0.39, 0.29) is 11.1 Å². The summed E-state index contributed by atoms with van der Waals surface area (Å²) in [6, 6.07) is 30.6. The van der Waals surface area contributed by atoms with Crippen LogP contribution in [0.2, 0.25) is 5.04 Å². The molecule has 0 aliphatic heterocycles. The molecule has 4 aromatic carbocycles. The molecule has 0 saturated carbocycles. The lowest BCUT2D eigenvalue weighted by molar-refractivity contribution is -0.110. The number of hydrogen-bond acceptors (Lipinski definition) is 6. The summed E-state index contributed by atoms with van der Waals surface area (Å²) in [7, 11) is 3.73. The van der Waals surface area contributed by atoms with Crippen molar-refractivity contribution in [2.45, 2.75) is 44.7 Å². The van der Waals surface area contributed by atoms with Gasteiger partial charge < -0.3 is 28.7 Å². The number of methoxy groups -OCH3 is 4. The van der Waals surface area contributed by atoms with Crippen LogP contribution in [0.25, 0.3) is 0 Å². The van der Waals surface area contributed by atoms with Crippen molar-refractivity contribution in [2.75, 3.05) is 35.0 Å². The third kappa shape index (κ3) is 7.35. The van der Waals surface area contributed by atoms with E-state index in [1.165, 1.54) is 10.4 Å². The van der Waals surface area contributed by atoms with E-state index in [4.69, 9.17) is 23.4 Å². The first kappa shape index (κ1) is 33.6. The summed E-state index contributed by atoms with van der Waals surface area (Å²) in [5, 5.41) is 5.35. The molecule has 0 aliphatic rings. The van der Waals surface area contributed by atoms with Crippen LogP contribution in [0.1, 0.15) is 43.5 Å². The molecule has 1 N–H and O–H groups in total. The van der Waals surface area contributed by atoms with Gasteiger partial charge in [0.15, 0.2) is 23.0 Å². The van der Waals surface area contributed by atoms with Crippen LogP contribution >= 0.6 is 0 Å². The average Bonchev–Trinajstić information content (AvgIpc) is 3.06. The van der Waals surface area contributed by atoms with Crippen LogP contribution in [-0.4, -0.2) is 49.8 Å². The van der Waals surface area contributed by atoms with Crippen molar-refractivity contribution in [1.29, 1.82) is 0 Å². The minimum Gasteiger partial charge on any atom is -0.493 e. The first-order valence-electron chi connectivity index (χ1n) is 15.1. The number of amides is 1. The number of ether oxygens (including phenoxy) is 4. The maximum Gasteiger partial charge on any atom is 0.261 e. The summed E-state index contributed by atoms with van der Waals surface area (Å²) in [6.07, 6.45) is 1.87. The summed E-state index contributed by atoms with van der Waals surface area (Å²) in [5.74, 6) is 2.49. The van der Waals surface area contributed by atoms with Crippen LogP contribution < -0.4 is 34.6 Å². The highest BCUT2D eigenvalue weighted by molar-refractivity contribution is 6.99. The molecule has 1 amide bonds. The molecule has 0 aliphatic carbocycles. The molecule has 0 spiro atoms. The van der Waals surface area contributed by atoms with Gasteiger partial charge in [0.05, 0.1) is 34.5 Å². The van der Waals surface area contributed by atoms with Gasteiger partial charge in [-0.25, -0.2) is 0 Å². The normalized spacial score (nSPS) is 12.2. The van der Waals surface area contributed by atoms with E-state index in [1.807, 2.05) is 42.5 Å². The number of rotatable bonds is 15. The molecular formula is C37H45NO6Si. The smallest absolute Gasteiger partial charge is 0.261 e. The Morgan fingerprint density at radius 3 is 1.76 bits per heavy atom. The molecule has 45 heavy (non-hydrogen) atoms. The fourth-order valence-electron chi connectivity index (χ4n) is 6.14. The van der Waals surface area contributed by atoms with Crippen molar-refractivity contribution in [3.05, 3.63) is 108 Å². The van der Waals surface area contributed by atoms with Gasteiger partial charge in [-0.1, -0.05) is 87.5 Å². The topological polar surface area (TPSA) is 75.3 Å². The Morgan fingerprint density at radius 2 is 1.24 bits per heavy atom. The predicted molar refractivity (Wildman–Crippen MR) is 182 cm³/mol. The lowest BCUT2D eigenvalue weighted by Crippen LogP contribution is -2.66. The Labute approximate surface area is 268 Å². The van der Waals surface area contributed by atoms with Gasteiger partial charge in [0.1, 0.15) is 0 Å². The van der Waals surface area contributed by atoms with E-state index in [2.05, 4.69) is 74.6 Å². The van der Waals surface area contributed by atoms with Crippen molar-refractivity contribution >= 4 is 25.1 Å². The molecule has 4 aromatic rings. The molecule has 238 valence electrons. The zero-order valence-electron chi connectivity index (χ0n) is 27.4. The van der Waals surface area contributed by atoms with E-state index in [9.17, 15) is 4.79 Å². The van der Waals surface area contributed by atoms with Crippen LogP contribution in [0.4, 0.5) is 0 Å². The van der Waals surface area contributed by atoms with Gasteiger partial charge in [0.25, 0.3) is 8.32 Å². The molecular weight excluding hydrogens is 582 g/mol. The molecule has 4 rings (SSSR count). The number of carbonyl (C=O) groups excluding carboxylic acids is 1. The van der Waals surface area contributed by atoms with Crippen molar-refractivity contribution in [1.82, 2.24) is 5.32 Å². The van der Waals surface area contributed by atoms with Gasteiger partial charge >= 0.3 is 0 Å². The zero-order valence-corrected chi connectivity index (χ0v) is 28.4. The van der Waals surface area contributed by atoms with E-state index in [1.54, 1.807) is 28.4 Å². The lowest BCUT2D eigenvalue weighted by Gasteiger charge is -2.43. The Hall–Kier alpha value is -4.27. The summed E-state index contributed by atoms with van der Waals surface area (Å²) in [6.45, 7) is 7.29. The molecule has 0 fully saturated rings. The van der Waals surface area contributed by atoms with Gasteiger partial charge in [-0.3, -0.25) is 4.79 Å². The average molecular weight is 628 g/mol. The highest BCUT2D eigenvalue weighted by Crippen LogP contribution is 2.38. The quantitative estimate of drug-likeness (QED) is 0.131. The maximum absolute atomic E-state index is 11.9. The summed E-state index contributed by atoms with van der Waals surface area (Å²) < 4.78 is 29.6. The van der Waals surface area contributed by atoms with Crippen molar-refractivity contribution < 1.29 is 28.2 Å². The number of carbonyl (C=O) groups is 1.